The Balaban J connectivity index is 1.84. The SMILES string of the molecule is CNN1CCC(OC(=O)c2ccncc2)CC1. The Bertz CT molecular complexity index is 361. The number of nitrogens with zero attached hydrogens (tertiary/aromatic N) is 2. The van der Waals surface area contributed by atoms with Crippen LogP contribution in [0.3, 0.4) is 0 Å². The van der Waals surface area contributed by atoms with Crippen molar-refractivity contribution >= 4 is 5.97 Å². The zero-order chi connectivity index (χ0) is 12.1. The summed E-state index contributed by atoms with van der Waals surface area (Å²) >= 11 is 0. The van der Waals surface area contributed by atoms with Crippen molar-refractivity contribution in [2.24, 2.45) is 0 Å². The van der Waals surface area contributed by atoms with E-state index >= 15 is 0 Å². The lowest BCUT2D eigenvalue weighted by molar-refractivity contribution is 0.00577. The predicted molar refractivity (Wildman–Crippen MR) is 63.3 cm³/mol. The minimum absolute atomic E-state index is 0.0280. The molecule has 0 atom stereocenters. The molecule has 1 aliphatic heterocycles. The van der Waals surface area contributed by atoms with Crippen LogP contribution in [0.15, 0.2) is 24.5 Å². The number of hydrogen-bond acceptors (Lipinski definition) is 5. The lowest BCUT2D eigenvalue weighted by Gasteiger charge is -2.30. The van der Waals surface area contributed by atoms with Gasteiger partial charge in [-0.2, -0.15) is 0 Å². The van der Waals surface area contributed by atoms with E-state index in [1.54, 1.807) is 24.5 Å². The quantitative estimate of drug-likeness (QED) is 0.787. The Morgan fingerprint density at radius 3 is 2.65 bits per heavy atom. The molecular formula is C12H17N3O2. The lowest BCUT2D eigenvalue weighted by Crippen LogP contribution is -2.44. The normalized spacial score (nSPS) is 17.9. The Morgan fingerprint density at radius 1 is 1.41 bits per heavy atom. The molecule has 1 aromatic rings. The highest BCUT2D eigenvalue weighted by atomic mass is 16.5. The van der Waals surface area contributed by atoms with E-state index in [4.69, 9.17) is 4.74 Å². The minimum atomic E-state index is -0.254. The van der Waals surface area contributed by atoms with Gasteiger partial charge in [-0.1, -0.05) is 0 Å². The van der Waals surface area contributed by atoms with E-state index < -0.39 is 0 Å². The largest absolute Gasteiger partial charge is 0.459 e. The first-order valence-corrected chi connectivity index (χ1v) is 5.83. The molecule has 92 valence electrons. The van der Waals surface area contributed by atoms with Gasteiger partial charge in [0, 0.05) is 25.5 Å². The van der Waals surface area contributed by atoms with Gasteiger partial charge in [0.2, 0.25) is 0 Å². The molecule has 5 nitrogen and oxygen atoms in total. The molecule has 0 spiro atoms. The van der Waals surface area contributed by atoms with E-state index in [-0.39, 0.29) is 12.1 Å². The maximum absolute atomic E-state index is 11.8. The molecule has 1 fully saturated rings. The fourth-order valence-electron chi connectivity index (χ4n) is 1.90. The standard InChI is InChI=1S/C12H17N3O2/c1-13-15-8-4-11(5-9-15)17-12(16)10-2-6-14-7-3-10/h2-3,6-7,11,13H,4-5,8-9H2,1H3. The molecule has 2 heterocycles. The number of aromatic nitrogens is 1. The first-order valence-electron chi connectivity index (χ1n) is 5.83. The first-order chi connectivity index (χ1) is 8.29. The lowest BCUT2D eigenvalue weighted by atomic mass is 10.1. The molecule has 0 radical (unpaired) electrons. The van der Waals surface area contributed by atoms with Gasteiger partial charge in [-0.15, -0.1) is 0 Å². The molecule has 17 heavy (non-hydrogen) atoms. The van der Waals surface area contributed by atoms with Crippen LogP contribution in [0.4, 0.5) is 0 Å². The topological polar surface area (TPSA) is 54.5 Å². The summed E-state index contributed by atoms with van der Waals surface area (Å²) in [6.07, 6.45) is 4.97. The van der Waals surface area contributed by atoms with Crippen LogP contribution in [0.25, 0.3) is 0 Å². The van der Waals surface area contributed by atoms with Crippen LogP contribution >= 0.6 is 0 Å². The molecule has 5 heteroatoms. The van der Waals surface area contributed by atoms with Crippen molar-refractivity contribution in [2.75, 3.05) is 20.1 Å². The summed E-state index contributed by atoms with van der Waals surface area (Å²) in [6, 6.07) is 3.34. The molecule has 0 aromatic carbocycles. The van der Waals surface area contributed by atoms with Crippen LogP contribution in [0, 0.1) is 0 Å². The third-order valence-corrected chi connectivity index (χ3v) is 2.95. The van der Waals surface area contributed by atoms with E-state index in [2.05, 4.69) is 15.4 Å². The summed E-state index contributed by atoms with van der Waals surface area (Å²) in [6.45, 7) is 1.82. The van der Waals surface area contributed by atoms with E-state index in [9.17, 15) is 4.79 Å². The van der Waals surface area contributed by atoms with Crippen LogP contribution in [-0.2, 0) is 4.74 Å². The fraction of sp³-hybridized carbons (Fsp3) is 0.500. The van der Waals surface area contributed by atoms with Crippen LogP contribution < -0.4 is 5.43 Å². The smallest absolute Gasteiger partial charge is 0.338 e. The number of pyridine rings is 1. The summed E-state index contributed by atoms with van der Waals surface area (Å²) in [5.41, 5.74) is 3.66. The second-order valence-electron chi connectivity index (χ2n) is 4.05. The number of ether oxygens (including phenoxy) is 1. The van der Waals surface area contributed by atoms with Crippen molar-refractivity contribution in [3.8, 4) is 0 Å². The van der Waals surface area contributed by atoms with Crippen LogP contribution in [0.5, 0.6) is 0 Å². The molecule has 0 aliphatic carbocycles. The Kier molecular flexibility index (Phi) is 4.06. The summed E-state index contributed by atoms with van der Waals surface area (Å²) < 4.78 is 5.45. The number of hydrazine groups is 1. The van der Waals surface area contributed by atoms with Gasteiger partial charge in [0.25, 0.3) is 0 Å². The van der Waals surface area contributed by atoms with E-state index in [0.29, 0.717) is 5.56 Å². The summed E-state index contributed by atoms with van der Waals surface area (Å²) in [5, 5.41) is 2.12. The summed E-state index contributed by atoms with van der Waals surface area (Å²) in [4.78, 5) is 15.7. The number of carbonyl (C=O) groups excluding carboxylic acids is 1. The maximum atomic E-state index is 11.8. The van der Waals surface area contributed by atoms with Crippen LogP contribution in [0.1, 0.15) is 23.2 Å². The van der Waals surface area contributed by atoms with E-state index in [1.807, 2.05) is 7.05 Å². The molecule has 0 unspecified atom stereocenters. The Labute approximate surface area is 101 Å². The second kappa shape index (κ2) is 5.75. The monoisotopic (exact) mass is 235 g/mol. The minimum Gasteiger partial charge on any atom is -0.459 e. The average Bonchev–Trinajstić information content (AvgIpc) is 2.40. The van der Waals surface area contributed by atoms with Gasteiger partial charge >= 0.3 is 5.97 Å². The maximum Gasteiger partial charge on any atom is 0.338 e. The number of rotatable bonds is 3. The number of hydrogen-bond donors (Lipinski definition) is 1. The molecule has 1 N–H and O–H groups in total. The van der Waals surface area contributed by atoms with E-state index in [0.717, 1.165) is 25.9 Å². The van der Waals surface area contributed by atoms with Crippen molar-refractivity contribution in [1.82, 2.24) is 15.4 Å². The van der Waals surface area contributed by atoms with Crippen molar-refractivity contribution in [3.05, 3.63) is 30.1 Å². The number of nitrogens with one attached hydrogen (secondary N) is 1. The molecular weight excluding hydrogens is 218 g/mol. The summed E-state index contributed by atoms with van der Waals surface area (Å²) in [5.74, 6) is -0.254. The molecule has 0 saturated carbocycles. The Morgan fingerprint density at radius 2 is 2.06 bits per heavy atom. The Hall–Kier alpha value is -1.46. The van der Waals surface area contributed by atoms with Gasteiger partial charge in [0.15, 0.2) is 0 Å². The van der Waals surface area contributed by atoms with Gasteiger partial charge in [0.1, 0.15) is 6.10 Å². The van der Waals surface area contributed by atoms with Crippen LogP contribution in [0.2, 0.25) is 0 Å². The number of carbonyl (C=O) groups is 1. The van der Waals surface area contributed by atoms with Gasteiger partial charge in [-0.05, 0) is 32.0 Å². The third-order valence-electron chi connectivity index (χ3n) is 2.95. The number of piperidine rings is 1. The molecule has 2 rings (SSSR count). The predicted octanol–water partition coefficient (Wildman–Crippen LogP) is 0.837. The molecule has 1 aromatic heterocycles. The zero-order valence-electron chi connectivity index (χ0n) is 9.93. The fourth-order valence-corrected chi connectivity index (χ4v) is 1.90. The third kappa shape index (κ3) is 3.25. The second-order valence-corrected chi connectivity index (χ2v) is 4.05. The highest BCUT2D eigenvalue weighted by molar-refractivity contribution is 5.89. The van der Waals surface area contributed by atoms with Gasteiger partial charge in [0.05, 0.1) is 5.56 Å². The highest BCUT2D eigenvalue weighted by Crippen LogP contribution is 2.14. The van der Waals surface area contributed by atoms with Crippen molar-refractivity contribution in [3.63, 3.8) is 0 Å². The first kappa shape index (κ1) is 12.0. The van der Waals surface area contributed by atoms with Gasteiger partial charge in [-0.25, -0.2) is 9.80 Å². The van der Waals surface area contributed by atoms with E-state index in [1.165, 1.54) is 0 Å². The molecule has 0 amide bonds. The van der Waals surface area contributed by atoms with Crippen LogP contribution in [-0.4, -0.2) is 42.2 Å². The zero-order valence-corrected chi connectivity index (χ0v) is 9.93. The van der Waals surface area contributed by atoms with Gasteiger partial charge < -0.3 is 4.74 Å². The van der Waals surface area contributed by atoms with Crippen molar-refractivity contribution < 1.29 is 9.53 Å². The number of esters is 1. The molecule has 1 aliphatic rings. The molecule has 1 saturated heterocycles. The molecule has 0 bridgehead atoms. The highest BCUT2D eigenvalue weighted by Gasteiger charge is 2.21. The van der Waals surface area contributed by atoms with Crippen molar-refractivity contribution in [1.29, 1.82) is 0 Å². The van der Waals surface area contributed by atoms with Crippen molar-refractivity contribution in [2.45, 2.75) is 18.9 Å². The van der Waals surface area contributed by atoms with Gasteiger partial charge in [-0.3, -0.25) is 10.4 Å². The average molecular weight is 235 g/mol. The summed E-state index contributed by atoms with van der Waals surface area (Å²) in [7, 11) is 1.91.